The fourth-order valence-corrected chi connectivity index (χ4v) is 1.56. The zero-order valence-corrected chi connectivity index (χ0v) is 10.5. The van der Waals surface area contributed by atoms with Gasteiger partial charge in [-0.15, -0.1) is 5.10 Å². The van der Waals surface area contributed by atoms with Crippen LogP contribution in [0.1, 0.15) is 17.0 Å². The number of nitrogens with zero attached hydrogens (tertiary/aromatic N) is 2. The predicted octanol–water partition coefficient (Wildman–Crippen LogP) is 2.31. The van der Waals surface area contributed by atoms with Crippen molar-refractivity contribution >= 4 is 11.9 Å². The molecular weight excluding hydrogens is 273 g/mol. The van der Waals surface area contributed by atoms with E-state index in [2.05, 4.69) is 20.5 Å². The number of hydrogen-bond acceptors (Lipinski definition) is 3. The molecular formula is C12H11F3N4O. The first-order valence-corrected chi connectivity index (χ1v) is 5.69. The highest BCUT2D eigenvalue weighted by Gasteiger charge is 2.29. The molecule has 0 aliphatic carbocycles. The molecule has 2 aromatic rings. The van der Waals surface area contributed by atoms with Crippen LogP contribution in [0, 0.1) is 6.92 Å². The van der Waals surface area contributed by atoms with Crippen LogP contribution in [-0.2, 0) is 17.4 Å². The molecule has 1 heterocycles. The number of H-pyrrole nitrogens is 1. The highest BCUT2D eigenvalue weighted by Crippen LogP contribution is 2.29. The van der Waals surface area contributed by atoms with Crippen molar-refractivity contribution in [2.24, 2.45) is 0 Å². The van der Waals surface area contributed by atoms with Gasteiger partial charge in [-0.25, -0.2) is 0 Å². The molecule has 0 bridgehead atoms. The lowest BCUT2D eigenvalue weighted by molar-refractivity contribution is -0.137. The fraction of sp³-hybridized carbons (Fsp3) is 0.250. The topological polar surface area (TPSA) is 70.7 Å². The van der Waals surface area contributed by atoms with Crippen molar-refractivity contribution in [1.82, 2.24) is 15.2 Å². The van der Waals surface area contributed by atoms with Gasteiger partial charge < -0.3 is 0 Å². The summed E-state index contributed by atoms with van der Waals surface area (Å²) in [6, 6.07) is 4.43. The highest BCUT2D eigenvalue weighted by atomic mass is 19.4. The number of alkyl halides is 3. The van der Waals surface area contributed by atoms with Gasteiger partial charge in [0, 0.05) is 0 Å². The largest absolute Gasteiger partial charge is 0.416 e. The SMILES string of the molecule is Cc1nc(NC(=O)Cc2ccc(C(F)(F)F)cc2)n[nH]1. The van der Waals surface area contributed by atoms with Crippen molar-refractivity contribution in [2.75, 3.05) is 5.32 Å². The molecule has 0 spiro atoms. The molecule has 0 atom stereocenters. The second-order valence-electron chi connectivity index (χ2n) is 4.16. The quantitative estimate of drug-likeness (QED) is 0.908. The number of nitrogens with one attached hydrogen (secondary N) is 2. The molecule has 0 saturated heterocycles. The zero-order chi connectivity index (χ0) is 14.8. The Kier molecular flexibility index (Phi) is 3.73. The van der Waals surface area contributed by atoms with E-state index in [-0.39, 0.29) is 12.4 Å². The Balaban J connectivity index is 1.98. The first-order valence-electron chi connectivity index (χ1n) is 5.69. The average molecular weight is 284 g/mol. The smallest absolute Gasteiger partial charge is 0.293 e. The van der Waals surface area contributed by atoms with Crippen LogP contribution >= 0.6 is 0 Å². The Labute approximate surface area is 112 Å². The summed E-state index contributed by atoms with van der Waals surface area (Å²) in [5.41, 5.74) is -0.269. The molecule has 0 radical (unpaired) electrons. The first-order chi connectivity index (χ1) is 9.34. The molecule has 106 valence electrons. The van der Waals surface area contributed by atoms with Crippen molar-refractivity contribution in [2.45, 2.75) is 19.5 Å². The van der Waals surface area contributed by atoms with Gasteiger partial charge in [0.1, 0.15) is 5.82 Å². The molecule has 20 heavy (non-hydrogen) atoms. The van der Waals surface area contributed by atoms with Gasteiger partial charge in [-0.05, 0) is 24.6 Å². The van der Waals surface area contributed by atoms with E-state index >= 15 is 0 Å². The molecule has 2 N–H and O–H groups in total. The second kappa shape index (κ2) is 5.32. The zero-order valence-electron chi connectivity index (χ0n) is 10.5. The second-order valence-corrected chi connectivity index (χ2v) is 4.16. The van der Waals surface area contributed by atoms with Gasteiger partial charge in [-0.2, -0.15) is 18.2 Å². The van der Waals surface area contributed by atoms with Crippen LogP contribution < -0.4 is 5.32 Å². The maximum absolute atomic E-state index is 12.4. The molecule has 2 rings (SSSR count). The Hall–Kier alpha value is -2.38. The lowest BCUT2D eigenvalue weighted by Gasteiger charge is -2.07. The average Bonchev–Trinajstić information content (AvgIpc) is 2.74. The normalized spacial score (nSPS) is 11.4. The van der Waals surface area contributed by atoms with Crippen molar-refractivity contribution in [1.29, 1.82) is 0 Å². The number of anilines is 1. The molecule has 8 heteroatoms. The van der Waals surface area contributed by atoms with Gasteiger partial charge in [-0.1, -0.05) is 12.1 Å². The van der Waals surface area contributed by atoms with Crippen LogP contribution in [0.25, 0.3) is 0 Å². The summed E-state index contributed by atoms with van der Waals surface area (Å²) in [5.74, 6) is 0.290. The van der Waals surface area contributed by atoms with Crippen LogP contribution in [0.2, 0.25) is 0 Å². The summed E-state index contributed by atoms with van der Waals surface area (Å²) in [4.78, 5) is 15.5. The number of halogens is 3. The summed E-state index contributed by atoms with van der Waals surface area (Å²) < 4.78 is 37.1. The number of carbonyl (C=O) groups excluding carboxylic acids is 1. The monoisotopic (exact) mass is 284 g/mol. The predicted molar refractivity (Wildman–Crippen MR) is 64.9 cm³/mol. The highest BCUT2D eigenvalue weighted by molar-refractivity contribution is 5.90. The Morgan fingerprint density at radius 3 is 2.45 bits per heavy atom. The third-order valence-electron chi connectivity index (χ3n) is 2.49. The fourth-order valence-electron chi connectivity index (χ4n) is 1.56. The maximum Gasteiger partial charge on any atom is 0.416 e. The molecule has 0 unspecified atom stereocenters. The Morgan fingerprint density at radius 1 is 1.30 bits per heavy atom. The lowest BCUT2D eigenvalue weighted by Crippen LogP contribution is -2.15. The summed E-state index contributed by atoms with van der Waals surface area (Å²) in [6.45, 7) is 1.68. The van der Waals surface area contributed by atoms with Gasteiger partial charge in [-0.3, -0.25) is 15.2 Å². The third kappa shape index (κ3) is 3.56. The van der Waals surface area contributed by atoms with Crippen LogP contribution in [-0.4, -0.2) is 21.1 Å². The molecule has 0 fully saturated rings. The van der Waals surface area contributed by atoms with Gasteiger partial charge in [0.15, 0.2) is 0 Å². The minimum absolute atomic E-state index is 0.0499. The Morgan fingerprint density at radius 2 is 1.95 bits per heavy atom. The number of aromatic nitrogens is 3. The van der Waals surface area contributed by atoms with E-state index in [1.807, 2.05) is 0 Å². The van der Waals surface area contributed by atoms with Crippen molar-refractivity contribution in [3.63, 3.8) is 0 Å². The summed E-state index contributed by atoms with van der Waals surface area (Å²) in [6.07, 6.45) is -4.43. The van der Waals surface area contributed by atoms with E-state index in [4.69, 9.17) is 0 Å². The van der Waals surface area contributed by atoms with Gasteiger partial charge in [0.2, 0.25) is 11.9 Å². The van der Waals surface area contributed by atoms with Gasteiger partial charge >= 0.3 is 6.18 Å². The maximum atomic E-state index is 12.4. The van der Waals surface area contributed by atoms with Crippen molar-refractivity contribution in [3.05, 3.63) is 41.2 Å². The molecule has 1 amide bonds. The summed E-state index contributed by atoms with van der Waals surface area (Å²) >= 11 is 0. The first kappa shape index (κ1) is 14.0. The Bertz CT molecular complexity index is 604. The number of aryl methyl sites for hydroxylation is 1. The van der Waals surface area contributed by atoms with E-state index in [1.54, 1.807) is 6.92 Å². The molecule has 1 aromatic heterocycles. The van der Waals surface area contributed by atoms with E-state index in [1.165, 1.54) is 12.1 Å². The number of carbonyl (C=O) groups is 1. The van der Waals surface area contributed by atoms with E-state index < -0.39 is 17.6 Å². The number of amides is 1. The van der Waals surface area contributed by atoms with Crippen LogP contribution in [0.4, 0.5) is 19.1 Å². The number of rotatable bonds is 3. The third-order valence-corrected chi connectivity index (χ3v) is 2.49. The van der Waals surface area contributed by atoms with Crippen LogP contribution in [0.3, 0.4) is 0 Å². The number of aromatic amines is 1. The van der Waals surface area contributed by atoms with Gasteiger partial charge in [0.25, 0.3) is 0 Å². The van der Waals surface area contributed by atoms with E-state index in [0.717, 1.165) is 12.1 Å². The summed E-state index contributed by atoms with van der Waals surface area (Å²) in [7, 11) is 0. The standard InChI is InChI=1S/C12H11F3N4O/c1-7-16-11(19-18-7)17-10(20)6-8-2-4-9(5-3-8)12(13,14)15/h2-5H,6H2,1H3,(H2,16,17,18,19,20). The molecule has 0 aliphatic heterocycles. The summed E-state index contributed by atoms with van der Waals surface area (Å²) in [5, 5.41) is 8.73. The molecule has 1 aromatic carbocycles. The van der Waals surface area contributed by atoms with Crippen molar-refractivity contribution < 1.29 is 18.0 Å². The molecule has 5 nitrogen and oxygen atoms in total. The van der Waals surface area contributed by atoms with Crippen LogP contribution in [0.5, 0.6) is 0 Å². The van der Waals surface area contributed by atoms with Crippen molar-refractivity contribution in [3.8, 4) is 0 Å². The number of benzene rings is 1. The van der Waals surface area contributed by atoms with Crippen LogP contribution in [0.15, 0.2) is 24.3 Å². The molecule has 0 aliphatic rings. The van der Waals surface area contributed by atoms with E-state index in [9.17, 15) is 18.0 Å². The molecule has 0 saturated carbocycles. The van der Waals surface area contributed by atoms with Gasteiger partial charge in [0.05, 0.1) is 12.0 Å². The number of hydrogen-bond donors (Lipinski definition) is 2. The minimum atomic E-state index is -4.38. The lowest BCUT2D eigenvalue weighted by atomic mass is 10.1. The van der Waals surface area contributed by atoms with E-state index in [0.29, 0.717) is 11.4 Å². The minimum Gasteiger partial charge on any atom is -0.293 e.